The Morgan fingerprint density at radius 3 is 2.78 bits per heavy atom. The number of hydrogen-bond acceptors (Lipinski definition) is 3. The molecular formula is C5H8FNO2. The largest absolute Gasteiger partial charge is 0.466 e. The number of hydrogen-bond donors (Lipinski definition) is 1. The first-order valence-corrected chi connectivity index (χ1v) is 2.30. The zero-order valence-electron chi connectivity index (χ0n) is 5.06. The maximum Gasteiger partial charge on any atom is 0.332 e. The molecule has 0 amide bonds. The molecule has 0 aliphatic rings. The Labute approximate surface area is 52.3 Å². The van der Waals surface area contributed by atoms with Crippen LogP contribution in [-0.2, 0) is 9.53 Å². The van der Waals surface area contributed by atoms with E-state index in [-0.39, 0.29) is 5.70 Å². The van der Waals surface area contributed by atoms with Gasteiger partial charge in [0.05, 0.1) is 7.11 Å². The minimum Gasteiger partial charge on any atom is -0.466 e. The fourth-order valence-corrected chi connectivity index (χ4v) is 0.249. The summed E-state index contributed by atoms with van der Waals surface area (Å²) in [4.78, 5) is 10.2. The summed E-state index contributed by atoms with van der Waals surface area (Å²) in [5.41, 5.74) is 4.81. The van der Waals surface area contributed by atoms with Gasteiger partial charge in [-0.25, -0.2) is 9.18 Å². The van der Waals surface area contributed by atoms with Crippen LogP contribution in [0.4, 0.5) is 4.39 Å². The minimum atomic E-state index is -0.824. The van der Waals surface area contributed by atoms with Gasteiger partial charge in [-0.15, -0.1) is 0 Å². The van der Waals surface area contributed by atoms with Gasteiger partial charge in [0, 0.05) is 11.8 Å². The highest BCUT2D eigenvalue weighted by atomic mass is 19.1. The van der Waals surface area contributed by atoms with Crippen LogP contribution < -0.4 is 5.73 Å². The topological polar surface area (TPSA) is 52.3 Å². The lowest BCUT2D eigenvalue weighted by molar-refractivity contribution is -0.134. The molecule has 0 rings (SSSR count). The van der Waals surface area contributed by atoms with Gasteiger partial charge in [-0.2, -0.15) is 0 Å². The van der Waals surface area contributed by atoms with Crippen LogP contribution in [0.3, 0.4) is 0 Å². The number of carbonyl (C=O) groups is 1. The Balaban J connectivity index is 3.79. The lowest BCUT2D eigenvalue weighted by Gasteiger charge is -1.91. The summed E-state index contributed by atoms with van der Waals surface area (Å²) in [5.74, 6) is -0.634. The lowest BCUT2D eigenvalue weighted by Crippen LogP contribution is -2.04. The molecule has 0 aromatic rings. The van der Waals surface area contributed by atoms with Gasteiger partial charge < -0.3 is 10.5 Å². The van der Waals surface area contributed by atoms with Crippen LogP contribution >= 0.6 is 0 Å². The first-order valence-electron chi connectivity index (χ1n) is 2.30. The van der Waals surface area contributed by atoms with E-state index in [1.165, 1.54) is 7.11 Å². The van der Waals surface area contributed by atoms with Gasteiger partial charge in [0.1, 0.15) is 6.67 Å². The number of methoxy groups -OCH3 is 1. The highest BCUT2D eigenvalue weighted by Crippen LogP contribution is 1.85. The second-order valence-corrected chi connectivity index (χ2v) is 1.38. The van der Waals surface area contributed by atoms with Crippen LogP contribution in [0.1, 0.15) is 0 Å². The lowest BCUT2D eigenvalue weighted by atomic mass is 10.4. The van der Waals surface area contributed by atoms with Crippen LogP contribution in [0.2, 0.25) is 0 Å². The van der Waals surface area contributed by atoms with E-state index >= 15 is 0 Å². The van der Waals surface area contributed by atoms with Crippen molar-refractivity contribution in [1.29, 1.82) is 0 Å². The minimum absolute atomic E-state index is 0.123. The molecule has 0 unspecified atom stereocenters. The number of alkyl halides is 1. The standard InChI is InChI=1S/C5H8FNO2/c1-9-5(8)2-4(7)3-6/h2H,3,7H2,1H3/b4-2-. The van der Waals surface area contributed by atoms with Crippen LogP contribution in [-0.4, -0.2) is 19.8 Å². The van der Waals surface area contributed by atoms with Gasteiger partial charge in [-0.1, -0.05) is 0 Å². The van der Waals surface area contributed by atoms with Crippen molar-refractivity contribution in [3.8, 4) is 0 Å². The monoisotopic (exact) mass is 133 g/mol. The fraction of sp³-hybridized carbons (Fsp3) is 0.400. The first kappa shape index (κ1) is 7.94. The number of rotatable bonds is 2. The quantitative estimate of drug-likeness (QED) is 0.425. The van der Waals surface area contributed by atoms with Crippen molar-refractivity contribution >= 4 is 5.97 Å². The van der Waals surface area contributed by atoms with Crippen LogP contribution in [0, 0.1) is 0 Å². The third-order valence-corrected chi connectivity index (χ3v) is 0.659. The molecule has 0 aromatic carbocycles. The molecule has 0 aliphatic carbocycles. The molecule has 9 heavy (non-hydrogen) atoms. The van der Waals surface area contributed by atoms with E-state index in [0.717, 1.165) is 6.08 Å². The number of carbonyl (C=O) groups excluding carboxylic acids is 1. The normalized spacial score (nSPS) is 11.1. The molecule has 3 nitrogen and oxygen atoms in total. The Hall–Kier alpha value is -1.06. The van der Waals surface area contributed by atoms with Crippen molar-refractivity contribution in [2.75, 3.05) is 13.8 Å². The SMILES string of the molecule is COC(=O)/C=C(\N)CF. The van der Waals surface area contributed by atoms with Crippen LogP contribution in [0.25, 0.3) is 0 Å². The molecule has 0 atom stereocenters. The first-order chi connectivity index (χ1) is 4.20. The molecule has 0 fully saturated rings. The molecule has 0 aliphatic heterocycles. The molecule has 0 saturated heterocycles. The highest BCUT2D eigenvalue weighted by molar-refractivity contribution is 5.82. The van der Waals surface area contributed by atoms with E-state index in [0.29, 0.717) is 0 Å². The number of halogens is 1. The van der Waals surface area contributed by atoms with E-state index in [4.69, 9.17) is 5.73 Å². The molecule has 52 valence electrons. The Morgan fingerprint density at radius 1 is 1.89 bits per heavy atom. The maximum absolute atomic E-state index is 11.5. The predicted octanol–water partition coefficient (Wildman–Crippen LogP) is -0.0285. The van der Waals surface area contributed by atoms with Crippen molar-refractivity contribution in [3.05, 3.63) is 11.8 Å². The zero-order chi connectivity index (χ0) is 7.28. The van der Waals surface area contributed by atoms with Crippen molar-refractivity contribution in [1.82, 2.24) is 0 Å². The van der Waals surface area contributed by atoms with E-state index in [1.807, 2.05) is 0 Å². The van der Waals surface area contributed by atoms with E-state index in [1.54, 1.807) is 0 Å². The summed E-state index contributed by atoms with van der Waals surface area (Å²) in [6.07, 6.45) is 0.903. The molecular weight excluding hydrogens is 125 g/mol. The molecule has 0 spiro atoms. The Kier molecular flexibility index (Phi) is 3.43. The van der Waals surface area contributed by atoms with Crippen molar-refractivity contribution in [3.63, 3.8) is 0 Å². The van der Waals surface area contributed by atoms with E-state index in [9.17, 15) is 9.18 Å². The van der Waals surface area contributed by atoms with Gasteiger partial charge in [-0.3, -0.25) is 0 Å². The average molecular weight is 133 g/mol. The van der Waals surface area contributed by atoms with Crippen LogP contribution in [0.5, 0.6) is 0 Å². The fourth-order valence-electron chi connectivity index (χ4n) is 0.249. The zero-order valence-corrected chi connectivity index (χ0v) is 5.06. The summed E-state index contributed by atoms with van der Waals surface area (Å²) in [6, 6.07) is 0. The van der Waals surface area contributed by atoms with Gasteiger partial charge >= 0.3 is 5.97 Å². The summed E-state index contributed by atoms with van der Waals surface area (Å²) < 4.78 is 15.6. The second kappa shape index (κ2) is 3.88. The van der Waals surface area contributed by atoms with Gasteiger partial charge in [0.2, 0.25) is 0 Å². The Bertz CT molecular complexity index is 133. The average Bonchev–Trinajstić information content (AvgIpc) is 1.87. The van der Waals surface area contributed by atoms with Crippen molar-refractivity contribution < 1.29 is 13.9 Å². The number of allylic oxidation sites excluding steroid dienone is 1. The number of esters is 1. The third-order valence-electron chi connectivity index (χ3n) is 0.659. The molecule has 4 heteroatoms. The van der Waals surface area contributed by atoms with Crippen molar-refractivity contribution in [2.45, 2.75) is 0 Å². The number of ether oxygens (including phenoxy) is 1. The van der Waals surface area contributed by atoms with Gasteiger partial charge in [-0.05, 0) is 0 Å². The summed E-state index contributed by atoms with van der Waals surface area (Å²) >= 11 is 0. The molecule has 0 radical (unpaired) electrons. The molecule has 0 saturated carbocycles. The molecule has 2 N–H and O–H groups in total. The van der Waals surface area contributed by atoms with Gasteiger partial charge in [0.25, 0.3) is 0 Å². The highest BCUT2D eigenvalue weighted by Gasteiger charge is 1.94. The van der Waals surface area contributed by atoms with Gasteiger partial charge in [0.15, 0.2) is 0 Å². The Morgan fingerprint density at radius 2 is 2.44 bits per heavy atom. The summed E-state index contributed by atoms with van der Waals surface area (Å²) in [5, 5.41) is 0. The third kappa shape index (κ3) is 3.52. The second-order valence-electron chi connectivity index (χ2n) is 1.38. The predicted molar refractivity (Wildman–Crippen MR) is 30.3 cm³/mol. The van der Waals surface area contributed by atoms with E-state index < -0.39 is 12.6 Å². The molecule has 0 bridgehead atoms. The summed E-state index contributed by atoms with van der Waals surface area (Å²) in [7, 11) is 1.20. The maximum atomic E-state index is 11.5. The summed E-state index contributed by atoms with van der Waals surface area (Å²) in [6.45, 7) is -0.824. The number of nitrogens with two attached hydrogens (primary N) is 1. The van der Waals surface area contributed by atoms with Crippen molar-refractivity contribution in [2.24, 2.45) is 5.73 Å². The van der Waals surface area contributed by atoms with Crippen LogP contribution in [0.15, 0.2) is 11.8 Å². The molecule has 0 aromatic heterocycles. The van der Waals surface area contributed by atoms with E-state index in [2.05, 4.69) is 4.74 Å². The molecule has 0 heterocycles. The smallest absolute Gasteiger partial charge is 0.332 e.